The van der Waals surface area contributed by atoms with E-state index in [1.54, 1.807) is 12.4 Å². The third kappa shape index (κ3) is 15.8. The summed E-state index contributed by atoms with van der Waals surface area (Å²) in [5.74, 6) is 6.09. The van der Waals surface area contributed by atoms with Gasteiger partial charge in [-0.3, -0.25) is 4.98 Å². The van der Waals surface area contributed by atoms with Gasteiger partial charge < -0.3 is 0 Å². The van der Waals surface area contributed by atoms with Crippen molar-refractivity contribution in [3.8, 4) is 159 Å². The lowest BCUT2D eigenvalue weighted by Gasteiger charge is -2.13. The van der Waals surface area contributed by atoms with Crippen molar-refractivity contribution in [1.82, 2.24) is 64.8 Å². The Bertz CT molecular complexity index is 5860. The van der Waals surface area contributed by atoms with Crippen LogP contribution in [0.2, 0.25) is 0 Å². The number of benzene rings is 12. The largest absolute Gasteiger partial charge is 0.256 e. The summed E-state index contributed by atoms with van der Waals surface area (Å²) in [4.78, 5) is 61.2. The van der Waals surface area contributed by atoms with Crippen molar-refractivity contribution in [2.75, 3.05) is 0 Å². The fourth-order valence-corrected chi connectivity index (χ4v) is 12.8. The summed E-state index contributed by atoms with van der Waals surface area (Å²) in [6, 6.07) is 118. The van der Waals surface area contributed by atoms with Gasteiger partial charge in [-0.2, -0.15) is 0 Å². The van der Waals surface area contributed by atoms with Crippen LogP contribution in [0.3, 0.4) is 0 Å². The van der Waals surface area contributed by atoms with Crippen LogP contribution in [0.5, 0.6) is 0 Å². The number of aromatic nitrogens is 13. The molecule has 0 unspecified atom stereocenters. The van der Waals surface area contributed by atoms with E-state index < -0.39 is 0 Å². The van der Waals surface area contributed by atoms with Gasteiger partial charge in [0.05, 0.1) is 17.1 Å². The second-order valence-electron chi connectivity index (χ2n) is 25.5. The van der Waals surface area contributed by atoms with Gasteiger partial charge in [-0.25, -0.2) is 59.8 Å². The average molecular weight is 1390 g/mol. The van der Waals surface area contributed by atoms with Gasteiger partial charge in [0.25, 0.3) is 0 Å². The Hall–Kier alpha value is -14.7. The third-order valence-electron chi connectivity index (χ3n) is 18.2. The summed E-state index contributed by atoms with van der Waals surface area (Å²) >= 11 is 0. The summed E-state index contributed by atoms with van der Waals surface area (Å²) < 4.78 is 0. The van der Waals surface area contributed by atoms with E-state index in [-0.39, 0.29) is 0 Å². The van der Waals surface area contributed by atoms with Crippen molar-refractivity contribution < 1.29 is 0 Å². The quantitative estimate of drug-likeness (QED) is 0.101. The Balaban J connectivity index is 0.000000125. The first-order chi connectivity index (χ1) is 53.3. The third-order valence-corrected chi connectivity index (χ3v) is 18.2. The predicted octanol–water partition coefficient (Wildman–Crippen LogP) is 22.3. The van der Waals surface area contributed by atoms with Gasteiger partial charge in [-0.1, -0.05) is 315 Å². The van der Waals surface area contributed by atoms with E-state index in [1.165, 1.54) is 0 Å². The molecule has 6 aromatic heterocycles. The van der Waals surface area contributed by atoms with E-state index >= 15 is 0 Å². The number of pyridine rings is 1. The van der Waals surface area contributed by atoms with E-state index in [0.717, 1.165) is 134 Å². The second-order valence-corrected chi connectivity index (χ2v) is 25.5. The predicted molar refractivity (Wildman–Crippen MR) is 434 cm³/mol. The van der Waals surface area contributed by atoms with Crippen molar-refractivity contribution in [3.05, 3.63) is 382 Å². The molecular formula is C95H67N13. The molecule has 12 aromatic carbocycles. The van der Waals surface area contributed by atoms with E-state index in [0.29, 0.717) is 46.6 Å². The highest BCUT2D eigenvalue weighted by atomic mass is 15.0. The van der Waals surface area contributed by atoms with Gasteiger partial charge in [0.2, 0.25) is 0 Å². The van der Waals surface area contributed by atoms with Crippen LogP contribution in [0.4, 0.5) is 0 Å². The van der Waals surface area contributed by atoms with Crippen LogP contribution in [0, 0.1) is 13.8 Å². The molecule has 0 aliphatic heterocycles. The number of hydrogen-bond donors (Lipinski definition) is 0. The second kappa shape index (κ2) is 31.9. The Morgan fingerprint density at radius 3 is 0.824 bits per heavy atom. The molecule has 18 aromatic rings. The number of fused-ring (bicyclic) bond motifs is 1. The smallest absolute Gasteiger partial charge is 0.164 e. The van der Waals surface area contributed by atoms with Crippen LogP contribution in [-0.2, 0) is 0 Å². The molecule has 0 amide bonds. The minimum atomic E-state index is 0.640. The van der Waals surface area contributed by atoms with Crippen LogP contribution in [0.25, 0.3) is 169 Å². The van der Waals surface area contributed by atoms with E-state index in [4.69, 9.17) is 49.8 Å². The fourth-order valence-electron chi connectivity index (χ4n) is 12.8. The fraction of sp³-hybridized carbons (Fsp3) is 0.0211. The lowest BCUT2D eigenvalue weighted by atomic mass is 9.94. The van der Waals surface area contributed by atoms with Gasteiger partial charge in [-0.05, 0) is 83.3 Å². The van der Waals surface area contributed by atoms with Crippen molar-refractivity contribution in [2.45, 2.75) is 13.8 Å². The maximum Gasteiger partial charge on any atom is 0.164 e. The minimum absolute atomic E-state index is 0.640. The average Bonchev–Trinajstić information content (AvgIpc) is 0.766. The summed E-state index contributed by atoms with van der Waals surface area (Å²) in [6.07, 6.45) is 5.31. The first-order valence-corrected chi connectivity index (χ1v) is 35.5. The molecule has 0 fully saturated rings. The molecule has 512 valence electrons. The zero-order valence-electron chi connectivity index (χ0n) is 59.0. The van der Waals surface area contributed by atoms with Crippen LogP contribution < -0.4 is 0 Å². The maximum atomic E-state index is 4.87. The monoisotopic (exact) mass is 1390 g/mol. The van der Waals surface area contributed by atoms with Gasteiger partial charge in [-0.15, -0.1) is 0 Å². The minimum Gasteiger partial charge on any atom is -0.256 e. The highest BCUT2D eigenvalue weighted by Crippen LogP contribution is 2.37. The lowest BCUT2D eigenvalue weighted by molar-refractivity contribution is 1.07. The van der Waals surface area contributed by atoms with Gasteiger partial charge >= 0.3 is 0 Å². The SMILES string of the molecule is Cc1cc(C)nc(-c2ccc(-c3ccc(-c4nc(-c5ccccc5)nc(-c5ccccc5)n4)cc3)c3ccccc23)n1.c1ccc(-c2cc(-c3ccc(-c4ncccn4)cc3)nc(-c3ccccc3)n2)cc1.c1ccc(-c2nc(-c3ccccc3)nc(-c3ccc(-c4ccc(-c5ccccn5)cc4)cc3)n2)cc1. The van der Waals surface area contributed by atoms with Gasteiger partial charge in [0.1, 0.15) is 0 Å². The zero-order chi connectivity index (χ0) is 72.8. The van der Waals surface area contributed by atoms with Gasteiger partial charge in [0.15, 0.2) is 52.4 Å². The molecule has 108 heavy (non-hydrogen) atoms. The first kappa shape index (κ1) is 67.8. The van der Waals surface area contributed by atoms with Crippen molar-refractivity contribution in [1.29, 1.82) is 0 Å². The highest BCUT2D eigenvalue weighted by Gasteiger charge is 2.18. The maximum absolute atomic E-state index is 4.87. The van der Waals surface area contributed by atoms with Crippen LogP contribution in [0.15, 0.2) is 370 Å². The molecule has 6 heterocycles. The molecule has 0 spiro atoms. The highest BCUT2D eigenvalue weighted by molar-refractivity contribution is 6.04. The molecule has 0 aliphatic rings. The molecule has 0 atom stereocenters. The number of aryl methyl sites for hydroxylation is 2. The molecule has 0 saturated carbocycles. The molecule has 0 N–H and O–H groups in total. The van der Waals surface area contributed by atoms with Crippen molar-refractivity contribution >= 4 is 10.8 Å². The van der Waals surface area contributed by atoms with Crippen LogP contribution >= 0.6 is 0 Å². The van der Waals surface area contributed by atoms with E-state index in [2.05, 4.69) is 148 Å². The lowest BCUT2D eigenvalue weighted by Crippen LogP contribution is -2.00. The molecular weight excluding hydrogens is 1320 g/mol. The molecule has 0 bridgehead atoms. The van der Waals surface area contributed by atoms with Crippen molar-refractivity contribution in [2.24, 2.45) is 0 Å². The summed E-state index contributed by atoms with van der Waals surface area (Å²) in [6.45, 7) is 4.02. The molecule has 13 heteroatoms. The summed E-state index contributed by atoms with van der Waals surface area (Å²) in [5.41, 5.74) is 21.1. The zero-order valence-corrected chi connectivity index (χ0v) is 59.0. The van der Waals surface area contributed by atoms with Crippen molar-refractivity contribution in [3.63, 3.8) is 0 Å². The molecule has 13 nitrogen and oxygen atoms in total. The molecule has 0 saturated heterocycles. The van der Waals surface area contributed by atoms with E-state index in [1.807, 2.05) is 238 Å². The Labute approximate surface area is 626 Å². The van der Waals surface area contributed by atoms with Gasteiger partial charge in [0, 0.05) is 96.7 Å². The number of hydrogen-bond acceptors (Lipinski definition) is 13. The Kier molecular flexibility index (Phi) is 20.0. The number of rotatable bonds is 14. The summed E-state index contributed by atoms with van der Waals surface area (Å²) in [7, 11) is 0. The number of nitrogens with zero attached hydrogens (tertiary/aromatic N) is 13. The Morgan fingerprint density at radius 1 is 0.157 bits per heavy atom. The molecule has 0 aliphatic carbocycles. The normalized spacial score (nSPS) is 10.9. The molecule has 18 rings (SSSR count). The first-order valence-electron chi connectivity index (χ1n) is 35.5. The Morgan fingerprint density at radius 2 is 0.435 bits per heavy atom. The standard InChI is InChI=1S/C37H27N5.C32H22N4.C26H18N4/c1-24-23-25(2)39-37(38-24)33-22-21-30(31-15-9-10-16-32(31)33)26-17-19-29(20-18-26)36-41-34(27-11-5-3-6-12-27)40-35(42-36)28-13-7-4-8-14-28;1-3-9-26(10-4-1)30-34-31(27-11-5-2-6-12-27)36-32(35-30)28-20-16-24(17-21-28)23-14-18-25(19-15-23)29-13-7-8-22-33-29;1-3-8-19(9-4-1)23-18-24(30-26(29-23)21-10-5-2-6-11-21)20-12-14-22(15-13-20)25-27-16-7-17-28-25/h3-23H,1-2H3;1-22H;1-18H. The molecule has 0 radical (unpaired) electrons. The van der Waals surface area contributed by atoms with E-state index in [9.17, 15) is 0 Å². The summed E-state index contributed by atoms with van der Waals surface area (Å²) in [5, 5.41) is 2.28. The van der Waals surface area contributed by atoms with Crippen LogP contribution in [-0.4, -0.2) is 64.8 Å². The van der Waals surface area contributed by atoms with Crippen LogP contribution in [0.1, 0.15) is 11.4 Å². The topological polar surface area (TPSA) is 168 Å².